The average molecular weight is 328 g/mol. The minimum absolute atomic E-state index is 0.0742. The molecule has 8 heteroatoms. The molecule has 23 heavy (non-hydrogen) atoms. The van der Waals surface area contributed by atoms with Gasteiger partial charge in [0.15, 0.2) is 0 Å². The van der Waals surface area contributed by atoms with Gasteiger partial charge in [-0.05, 0) is 12.1 Å². The number of methoxy groups -OCH3 is 1. The van der Waals surface area contributed by atoms with Crippen LogP contribution in [-0.2, 0) is 14.3 Å². The van der Waals surface area contributed by atoms with Crippen molar-refractivity contribution < 1.29 is 27.8 Å². The van der Waals surface area contributed by atoms with Crippen LogP contribution < -0.4 is 5.32 Å². The van der Waals surface area contributed by atoms with Crippen molar-refractivity contribution in [2.45, 2.75) is 6.10 Å². The zero-order valence-electron chi connectivity index (χ0n) is 12.7. The van der Waals surface area contributed by atoms with E-state index in [-0.39, 0.29) is 24.6 Å². The maximum atomic E-state index is 13.5. The van der Waals surface area contributed by atoms with E-state index in [1.807, 2.05) is 0 Å². The molecule has 2 rings (SSSR count). The van der Waals surface area contributed by atoms with Crippen LogP contribution in [0.5, 0.6) is 0 Å². The summed E-state index contributed by atoms with van der Waals surface area (Å²) in [7, 11) is 1.54. The summed E-state index contributed by atoms with van der Waals surface area (Å²) in [6.07, 6.45) is -0.392. The number of halogens is 2. The van der Waals surface area contributed by atoms with Gasteiger partial charge in [0.2, 0.25) is 5.91 Å². The average Bonchev–Trinajstić information content (AvgIpc) is 2.52. The normalized spacial score (nSPS) is 18.1. The molecule has 1 unspecified atom stereocenters. The predicted octanol–water partition coefficient (Wildman–Crippen LogP) is 0.568. The molecular weight excluding hydrogens is 310 g/mol. The van der Waals surface area contributed by atoms with Crippen LogP contribution in [0.25, 0.3) is 0 Å². The lowest BCUT2D eigenvalue weighted by molar-refractivity contribution is -0.149. The zero-order chi connectivity index (χ0) is 16.8. The van der Waals surface area contributed by atoms with Crippen molar-refractivity contribution in [3.63, 3.8) is 0 Å². The van der Waals surface area contributed by atoms with Crippen molar-refractivity contribution in [2.24, 2.45) is 0 Å². The lowest BCUT2D eigenvalue weighted by atomic mass is 10.2. The minimum atomic E-state index is -0.927. The van der Waals surface area contributed by atoms with Gasteiger partial charge in [0.1, 0.15) is 18.2 Å². The van der Waals surface area contributed by atoms with Gasteiger partial charge in [-0.2, -0.15) is 0 Å². The Bertz CT molecular complexity index is 583. The fourth-order valence-corrected chi connectivity index (χ4v) is 2.20. The van der Waals surface area contributed by atoms with Gasteiger partial charge in [-0.1, -0.05) is 0 Å². The molecule has 126 valence electrons. The van der Waals surface area contributed by atoms with Gasteiger partial charge in [-0.25, -0.2) is 8.78 Å². The molecule has 1 heterocycles. The fourth-order valence-electron chi connectivity index (χ4n) is 2.20. The Kier molecular flexibility index (Phi) is 6.00. The number of morpholine rings is 1. The third-order valence-electron chi connectivity index (χ3n) is 3.45. The summed E-state index contributed by atoms with van der Waals surface area (Å²) in [6, 6.07) is 2.74. The Balaban J connectivity index is 1.87. The predicted molar refractivity (Wildman–Crippen MR) is 76.9 cm³/mol. The Hall–Kier alpha value is -2.06. The molecule has 0 spiro atoms. The Morgan fingerprint density at radius 3 is 2.96 bits per heavy atom. The molecule has 0 aromatic heterocycles. The van der Waals surface area contributed by atoms with Crippen molar-refractivity contribution in [3.05, 3.63) is 35.4 Å². The lowest BCUT2D eigenvalue weighted by Crippen LogP contribution is -2.51. The number of rotatable bonds is 6. The molecule has 0 bridgehead atoms. The molecule has 1 aromatic rings. The van der Waals surface area contributed by atoms with Crippen molar-refractivity contribution in [2.75, 3.05) is 40.0 Å². The van der Waals surface area contributed by atoms with Crippen molar-refractivity contribution in [3.8, 4) is 0 Å². The largest absolute Gasteiger partial charge is 0.383 e. The van der Waals surface area contributed by atoms with Gasteiger partial charge in [0.05, 0.1) is 18.3 Å². The molecule has 1 aromatic carbocycles. The summed E-state index contributed by atoms with van der Waals surface area (Å²) in [4.78, 5) is 25.1. The molecule has 1 atom stereocenters. The van der Waals surface area contributed by atoms with Crippen LogP contribution in [0.2, 0.25) is 0 Å². The van der Waals surface area contributed by atoms with E-state index in [4.69, 9.17) is 9.47 Å². The number of hydrogen-bond donors (Lipinski definition) is 1. The zero-order valence-corrected chi connectivity index (χ0v) is 12.7. The number of carbonyl (C=O) groups excluding carboxylic acids is 2. The summed E-state index contributed by atoms with van der Waals surface area (Å²) in [5.74, 6) is -2.48. The van der Waals surface area contributed by atoms with Gasteiger partial charge < -0.3 is 19.7 Å². The van der Waals surface area contributed by atoms with E-state index in [1.165, 1.54) is 0 Å². The third-order valence-corrected chi connectivity index (χ3v) is 3.45. The molecule has 1 saturated heterocycles. The van der Waals surface area contributed by atoms with Crippen LogP contribution in [-0.4, -0.2) is 62.8 Å². The summed E-state index contributed by atoms with van der Waals surface area (Å²) in [5, 5.41) is 2.52. The van der Waals surface area contributed by atoms with Crippen LogP contribution in [0.4, 0.5) is 8.78 Å². The number of benzene rings is 1. The second kappa shape index (κ2) is 7.98. The number of amides is 2. The topological polar surface area (TPSA) is 67.9 Å². The number of ether oxygens (including phenoxy) is 2. The molecule has 1 fully saturated rings. The summed E-state index contributed by atoms with van der Waals surface area (Å²) >= 11 is 0. The number of nitrogens with one attached hydrogen (secondary N) is 1. The highest BCUT2D eigenvalue weighted by atomic mass is 19.1. The highest BCUT2D eigenvalue weighted by molar-refractivity contribution is 5.94. The highest BCUT2D eigenvalue weighted by Crippen LogP contribution is 2.10. The minimum Gasteiger partial charge on any atom is -0.383 e. The van der Waals surface area contributed by atoms with E-state index in [0.717, 1.165) is 12.1 Å². The first-order chi connectivity index (χ1) is 11.0. The van der Waals surface area contributed by atoms with E-state index in [1.54, 1.807) is 12.0 Å². The molecule has 1 N–H and O–H groups in total. The Labute approximate surface area is 132 Å². The molecule has 0 radical (unpaired) electrons. The van der Waals surface area contributed by atoms with E-state index < -0.39 is 23.6 Å². The summed E-state index contributed by atoms with van der Waals surface area (Å²) in [5.41, 5.74) is -0.241. The van der Waals surface area contributed by atoms with E-state index >= 15 is 0 Å². The van der Waals surface area contributed by atoms with Gasteiger partial charge in [0, 0.05) is 32.8 Å². The molecule has 2 amide bonds. The third kappa shape index (κ3) is 4.70. The van der Waals surface area contributed by atoms with E-state index in [2.05, 4.69) is 5.32 Å². The number of carbonyl (C=O) groups is 2. The number of nitrogens with zero attached hydrogens (tertiary/aromatic N) is 1. The van der Waals surface area contributed by atoms with Crippen molar-refractivity contribution in [1.29, 1.82) is 0 Å². The van der Waals surface area contributed by atoms with Crippen molar-refractivity contribution >= 4 is 11.8 Å². The van der Waals surface area contributed by atoms with Crippen LogP contribution in [0.1, 0.15) is 10.4 Å². The Morgan fingerprint density at radius 1 is 1.48 bits per heavy atom. The molecular formula is C15H18F2N2O4. The Morgan fingerprint density at radius 2 is 2.26 bits per heavy atom. The first-order valence-electron chi connectivity index (χ1n) is 7.13. The maximum Gasteiger partial charge on any atom is 0.254 e. The molecule has 6 nitrogen and oxygen atoms in total. The van der Waals surface area contributed by atoms with Gasteiger partial charge in [-0.15, -0.1) is 0 Å². The molecule has 0 aliphatic carbocycles. The van der Waals surface area contributed by atoms with Crippen molar-refractivity contribution in [1.82, 2.24) is 10.2 Å². The van der Waals surface area contributed by atoms with E-state index in [9.17, 15) is 18.4 Å². The summed E-state index contributed by atoms with van der Waals surface area (Å²) in [6.45, 7) is 1.21. The van der Waals surface area contributed by atoms with Gasteiger partial charge >= 0.3 is 0 Å². The van der Waals surface area contributed by atoms with Crippen LogP contribution in [0.3, 0.4) is 0 Å². The lowest BCUT2D eigenvalue weighted by Gasteiger charge is -2.32. The highest BCUT2D eigenvalue weighted by Gasteiger charge is 2.26. The van der Waals surface area contributed by atoms with Gasteiger partial charge in [0.25, 0.3) is 5.91 Å². The SMILES string of the molecule is COCCN1CC(CNC(=O)c2ccc(F)cc2F)OCC1=O. The summed E-state index contributed by atoms with van der Waals surface area (Å²) < 4.78 is 36.6. The first kappa shape index (κ1) is 17.3. The first-order valence-corrected chi connectivity index (χ1v) is 7.13. The molecule has 1 aliphatic heterocycles. The fraction of sp³-hybridized carbons (Fsp3) is 0.467. The second-order valence-corrected chi connectivity index (χ2v) is 5.10. The van der Waals surface area contributed by atoms with E-state index in [0.29, 0.717) is 25.8 Å². The van der Waals surface area contributed by atoms with Gasteiger partial charge in [-0.3, -0.25) is 9.59 Å². The standard InChI is InChI=1S/C15H18F2N2O4/c1-22-5-4-19-8-11(23-9-14(19)20)7-18-15(21)12-3-2-10(16)6-13(12)17/h2-3,6,11H,4-5,7-9H2,1H3,(H,18,21). The van der Waals surface area contributed by atoms with Crippen LogP contribution >= 0.6 is 0 Å². The number of hydrogen-bond acceptors (Lipinski definition) is 4. The maximum absolute atomic E-state index is 13.5. The quantitative estimate of drug-likeness (QED) is 0.829. The monoisotopic (exact) mass is 328 g/mol. The smallest absolute Gasteiger partial charge is 0.254 e. The van der Waals surface area contributed by atoms with Crippen LogP contribution in [0.15, 0.2) is 18.2 Å². The molecule has 1 aliphatic rings. The molecule has 0 saturated carbocycles. The second-order valence-electron chi connectivity index (χ2n) is 5.10. The van der Waals surface area contributed by atoms with Crippen LogP contribution in [0, 0.1) is 11.6 Å².